The van der Waals surface area contributed by atoms with Gasteiger partial charge in [0.05, 0.1) is 13.2 Å². The molecule has 2 atom stereocenters. The summed E-state index contributed by atoms with van der Waals surface area (Å²) >= 11 is 1.98. The topological polar surface area (TPSA) is 27.7 Å². The third-order valence-electron chi connectivity index (χ3n) is 1.45. The van der Waals surface area contributed by atoms with E-state index in [0.29, 0.717) is 19.8 Å². The lowest BCUT2D eigenvalue weighted by Gasteiger charge is -2.06. The molecule has 0 aromatic carbocycles. The van der Waals surface area contributed by atoms with Crippen molar-refractivity contribution in [2.45, 2.75) is 19.3 Å². The van der Waals surface area contributed by atoms with Crippen molar-refractivity contribution in [1.29, 1.82) is 0 Å². The fourth-order valence-corrected chi connectivity index (χ4v) is 1.10. The molecule has 1 aliphatic heterocycles. The molecule has 2 unspecified atom stereocenters. The standard InChI is InChI=1S/C8H11IO3/c1-7-11-6-8(12-7)5-10-4-2-3-9/h7-8H,4-6H2,1H3. The van der Waals surface area contributed by atoms with Gasteiger partial charge in [0.15, 0.2) is 6.29 Å². The maximum atomic E-state index is 5.34. The Kier molecular flexibility index (Phi) is 4.92. The predicted octanol–water partition coefficient (Wildman–Crippen LogP) is 1.16. The number of ether oxygens (including phenoxy) is 3. The molecular weight excluding hydrogens is 271 g/mol. The van der Waals surface area contributed by atoms with Crippen LogP contribution in [0, 0.1) is 9.85 Å². The van der Waals surface area contributed by atoms with E-state index in [1.807, 2.05) is 29.5 Å². The molecule has 1 aliphatic rings. The first-order chi connectivity index (χ1) is 5.83. The van der Waals surface area contributed by atoms with Crippen LogP contribution in [-0.4, -0.2) is 32.2 Å². The van der Waals surface area contributed by atoms with Crippen LogP contribution in [0.5, 0.6) is 0 Å². The van der Waals surface area contributed by atoms with Crippen LogP contribution in [0.15, 0.2) is 0 Å². The zero-order valence-electron chi connectivity index (χ0n) is 6.88. The molecule has 0 saturated carbocycles. The lowest BCUT2D eigenvalue weighted by molar-refractivity contribution is -0.0559. The van der Waals surface area contributed by atoms with Crippen LogP contribution in [0.2, 0.25) is 0 Å². The second-order valence-corrected chi connectivity index (χ2v) is 2.98. The SMILES string of the molecule is CC1OCC(COCC#CI)O1. The maximum absolute atomic E-state index is 5.34. The second kappa shape index (κ2) is 5.75. The van der Waals surface area contributed by atoms with Crippen LogP contribution in [-0.2, 0) is 14.2 Å². The van der Waals surface area contributed by atoms with E-state index in [2.05, 4.69) is 9.85 Å². The van der Waals surface area contributed by atoms with E-state index in [-0.39, 0.29) is 12.4 Å². The van der Waals surface area contributed by atoms with Crippen LogP contribution >= 0.6 is 22.6 Å². The van der Waals surface area contributed by atoms with Crippen molar-refractivity contribution in [3.05, 3.63) is 0 Å². The van der Waals surface area contributed by atoms with E-state index in [4.69, 9.17) is 14.2 Å². The highest BCUT2D eigenvalue weighted by Crippen LogP contribution is 2.10. The molecule has 0 amide bonds. The summed E-state index contributed by atoms with van der Waals surface area (Å²) in [6, 6.07) is 0. The van der Waals surface area contributed by atoms with Gasteiger partial charge in [-0.25, -0.2) is 0 Å². The van der Waals surface area contributed by atoms with Gasteiger partial charge in [-0.15, -0.1) is 0 Å². The Bertz CT molecular complexity index is 184. The van der Waals surface area contributed by atoms with Crippen LogP contribution in [0.3, 0.4) is 0 Å². The number of hydrogen-bond acceptors (Lipinski definition) is 3. The molecule has 0 N–H and O–H groups in total. The highest BCUT2D eigenvalue weighted by atomic mass is 127. The molecular formula is C8H11IO3. The van der Waals surface area contributed by atoms with Gasteiger partial charge in [-0.2, -0.15) is 0 Å². The molecule has 0 spiro atoms. The van der Waals surface area contributed by atoms with E-state index in [1.165, 1.54) is 0 Å². The van der Waals surface area contributed by atoms with Gasteiger partial charge < -0.3 is 14.2 Å². The van der Waals surface area contributed by atoms with E-state index < -0.39 is 0 Å². The largest absolute Gasteiger partial charge is 0.366 e. The zero-order valence-corrected chi connectivity index (χ0v) is 9.04. The average Bonchev–Trinajstić information content (AvgIpc) is 2.45. The van der Waals surface area contributed by atoms with Gasteiger partial charge in [0, 0.05) is 22.6 Å². The minimum Gasteiger partial charge on any atom is -0.366 e. The molecule has 4 heteroatoms. The smallest absolute Gasteiger partial charge is 0.155 e. The predicted molar refractivity (Wildman–Crippen MR) is 52.9 cm³/mol. The monoisotopic (exact) mass is 282 g/mol. The molecule has 0 bridgehead atoms. The van der Waals surface area contributed by atoms with Gasteiger partial charge in [0.25, 0.3) is 0 Å². The molecule has 1 fully saturated rings. The van der Waals surface area contributed by atoms with Gasteiger partial charge in [-0.1, -0.05) is 5.92 Å². The number of halogens is 1. The van der Waals surface area contributed by atoms with Gasteiger partial charge in [-0.3, -0.25) is 0 Å². The first-order valence-corrected chi connectivity index (χ1v) is 4.84. The molecule has 0 radical (unpaired) electrons. The van der Waals surface area contributed by atoms with Crippen molar-refractivity contribution in [2.75, 3.05) is 19.8 Å². The minimum absolute atomic E-state index is 0.0796. The van der Waals surface area contributed by atoms with E-state index in [0.717, 1.165) is 0 Å². The normalized spacial score (nSPS) is 28.2. The van der Waals surface area contributed by atoms with E-state index in [1.54, 1.807) is 0 Å². The van der Waals surface area contributed by atoms with Crippen molar-refractivity contribution in [1.82, 2.24) is 0 Å². The molecule has 1 saturated heterocycles. The average molecular weight is 282 g/mol. The van der Waals surface area contributed by atoms with Gasteiger partial charge in [0.1, 0.15) is 12.7 Å². The summed E-state index contributed by atoms with van der Waals surface area (Å²) in [7, 11) is 0. The maximum Gasteiger partial charge on any atom is 0.155 e. The van der Waals surface area contributed by atoms with E-state index >= 15 is 0 Å². The van der Waals surface area contributed by atoms with E-state index in [9.17, 15) is 0 Å². The first-order valence-electron chi connectivity index (χ1n) is 3.76. The molecule has 0 aromatic heterocycles. The highest BCUT2D eigenvalue weighted by Gasteiger charge is 2.21. The van der Waals surface area contributed by atoms with Crippen LogP contribution in [0.4, 0.5) is 0 Å². The summed E-state index contributed by atoms with van der Waals surface area (Å²) in [6.45, 7) is 3.54. The third kappa shape index (κ3) is 3.72. The zero-order chi connectivity index (χ0) is 8.81. The fourth-order valence-electron chi connectivity index (χ4n) is 0.948. The lowest BCUT2D eigenvalue weighted by Crippen LogP contribution is -2.18. The molecule has 3 nitrogen and oxygen atoms in total. The molecule has 0 aromatic rings. The Labute approximate surface area is 85.9 Å². The summed E-state index contributed by atoms with van der Waals surface area (Å²) in [6.07, 6.45) is -0.00901. The Balaban J connectivity index is 2.03. The third-order valence-corrected chi connectivity index (χ3v) is 1.83. The van der Waals surface area contributed by atoms with Crippen molar-refractivity contribution >= 4 is 22.6 Å². The van der Waals surface area contributed by atoms with Gasteiger partial charge in [0.2, 0.25) is 0 Å². The summed E-state index contributed by atoms with van der Waals surface area (Å²) in [4.78, 5) is 0. The fraction of sp³-hybridized carbons (Fsp3) is 0.750. The molecule has 12 heavy (non-hydrogen) atoms. The molecule has 68 valence electrons. The molecule has 1 rings (SSSR count). The molecule has 1 heterocycles. The summed E-state index contributed by atoms with van der Waals surface area (Å²) < 4.78 is 18.5. The van der Waals surface area contributed by atoms with Gasteiger partial charge in [-0.05, 0) is 10.9 Å². The second-order valence-electron chi connectivity index (χ2n) is 2.45. The van der Waals surface area contributed by atoms with Crippen molar-refractivity contribution in [3.8, 4) is 9.85 Å². The van der Waals surface area contributed by atoms with Gasteiger partial charge >= 0.3 is 0 Å². The quantitative estimate of drug-likeness (QED) is 0.442. The highest BCUT2D eigenvalue weighted by molar-refractivity contribution is 14.1. The summed E-state index contributed by atoms with van der Waals surface area (Å²) in [5.41, 5.74) is 0. The van der Waals surface area contributed by atoms with Crippen molar-refractivity contribution in [2.24, 2.45) is 0 Å². The Morgan fingerprint density at radius 1 is 1.67 bits per heavy atom. The molecule has 0 aliphatic carbocycles. The van der Waals surface area contributed by atoms with Crippen LogP contribution < -0.4 is 0 Å². The van der Waals surface area contributed by atoms with Crippen LogP contribution in [0.1, 0.15) is 6.92 Å². The minimum atomic E-state index is -0.0886. The summed E-state index contributed by atoms with van der Waals surface area (Å²) in [5.74, 6) is 2.80. The first kappa shape index (κ1) is 10.3. The lowest BCUT2D eigenvalue weighted by atomic mass is 10.4. The Morgan fingerprint density at radius 2 is 2.50 bits per heavy atom. The Morgan fingerprint density at radius 3 is 3.08 bits per heavy atom. The number of rotatable bonds is 3. The summed E-state index contributed by atoms with van der Waals surface area (Å²) in [5, 5.41) is 0. The number of hydrogen-bond donors (Lipinski definition) is 0. The Hall–Kier alpha value is 0.170. The van der Waals surface area contributed by atoms with Crippen LogP contribution in [0.25, 0.3) is 0 Å². The van der Waals surface area contributed by atoms with Crippen molar-refractivity contribution < 1.29 is 14.2 Å². The van der Waals surface area contributed by atoms with Crippen molar-refractivity contribution in [3.63, 3.8) is 0 Å².